The van der Waals surface area contributed by atoms with Crippen LogP contribution in [0.15, 0.2) is 29.3 Å². The largest absolute Gasteiger partial charge is 0.355 e. The van der Waals surface area contributed by atoms with E-state index < -0.39 is 0 Å². The minimum Gasteiger partial charge on any atom is -0.355 e. The summed E-state index contributed by atoms with van der Waals surface area (Å²) < 4.78 is 0. The quantitative estimate of drug-likeness (QED) is 0.409. The molecule has 0 radical (unpaired) electrons. The lowest BCUT2D eigenvalue weighted by atomic mass is 10.2. The lowest BCUT2D eigenvalue weighted by Crippen LogP contribution is -2.45. The van der Waals surface area contributed by atoms with Crippen molar-refractivity contribution in [2.75, 3.05) is 27.7 Å². The second kappa shape index (κ2) is 9.69. The van der Waals surface area contributed by atoms with Crippen LogP contribution in [-0.2, 0) is 6.54 Å². The number of rotatable bonds is 6. The highest BCUT2D eigenvalue weighted by Gasteiger charge is 2.29. The van der Waals surface area contributed by atoms with E-state index in [0.29, 0.717) is 6.04 Å². The number of nitrogens with one attached hydrogen (secondary N) is 1. The van der Waals surface area contributed by atoms with Crippen molar-refractivity contribution in [3.05, 3.63) is 34.9 Å². The van der Waals surface area contributed by atoms with E-state index in [1.165, 1.54) is 12.8 Å². The maximum Gasteiger partial charge on any atom is 0.193 e. The van der Waals surface area contributed by atoms with Crippen molar-refractivity contribution in [1.82, 2.24) is 15.1 Å². The van der Waals surface area contributed by atoms with Gasteiger partial charge in [-0.2, -0.15) is 0 Å². The third-order valence-corrected chi connectivity index (χ3v) is 4.68. The summed E-state index contributed by atoms with van der Waals surface area (Å²) in [5.41, 5.74) is 1.11. The number of hydrogen-bond acceptors (Lipinski definition) is 2. The number of guanidine groups is 1. The Hall–Kier alpha value is -0.530. The molecule has 1 atom stereocenters. The highest BCUT2D eigenvalue weighted by Crippen LogP contribution is 2.26. The molecule has 130 valence electrons. The van der Waals surface area contributed by atoms with Gasteiger partial charge in [0.05, 0.1) is 0 Å². The van der Waals surface area contributed by atoms with Gasteiger partial charge in [0.2, 0.25) is 0 Å². The van der Waals surface area contributed by atoms with E-state index in [0.717, 1.165) is 35.7 Å². The lowest BCUT2D eigenvalue weighted by Gasteiger charge is -2.28. The minimum absolute atomic E-state index is 0. The Morgan fingerprint density at radius 3 is 2.57 bits per heavy atom. The summed E-state index contributed by atoms with van der Waals surface area (Å²) in [7, 11) is 6.06. The van der Waals surface area contributed by atoms with Gasteiger partial charge in [-0.3, -0.25) is 9.89 Å². The van der Waals surface area contributed by atoms with Crippen LogP contribution in [0.5, 0.6) is 0 Å². The van der Waals surface area contributed by atoms with Crippen LogP contribution in [0, 0.1) is 0 Å². The molecule has 6 heteroatoms. The van der Waals surface area contributed by atoms with Gasteiger partial charge in [0.25, 0.3) is 0 Å². The molecular formula is C17H28ClIN4. The van der Waals surface area contributed by atoms with Gasteiger partial charge in [0.15, 0.2) is 5.96 Å². The van der Waals surface area contributed by atoms with Gasteiger partial charge in [-0.25, -0.2) is 0 Å². The van der Waals surface area contributed by atoms with Crippen molar-refractivity contribution in [3.63, 3.8) is 0 Å². The summed E-state index contributed by atoms with van der Waals surface area (Å²) in [6.45, 7) is 3.89. The Kier molecular flexibility index (Phi) is 8.64. The Labute approximate surface area is 162 Å². The fraction of sp³-hybridized carbons (Fsp3) is 0.588. The smallest absolute Gasteiger partial charge is 0.193 e. The molecule has 23 heavy (non-hydrogen) atoms. The molecule has 0 heterocycles. The van der Waals surface area contributed by atoms with Crippen molar-refractivity contribution in [2.45, 2.75) is 38.4 Å². The molecule has 1 unspecified atom stereocenters. The predicted octanol–water partition coefficient (Wildman–Crippen LogP) is 3.45. The first kappa shape index (κ1) is 20.5. The summed E-state index contributed by atoms with van der Waals surface area (Å²) in [6, 6.07) is 9.22. The topological polar surface area (TPSA) is 30.9 Å². The van der Waals surface area contributed by atoms with Gasteiger partial charge in [-0.15, -0.1) is 24.0 Å². The van der Waals surface area contributed by atoms with Crippen LogP contribution in [-0.4, -0.2) is 55.5 Å². The number of likely N-dealkylation sites (N-methyl/N-ethyl adjacent to an activating group) is 1. The molecule has 0 saturated heterocycles. The van der Waals surface area contributed by atoms with E-state index in [2.05, 4.69) is 40.1 Å². The molecule has 1 aromatic rings. The maximum atomic E-state index is 6.23. The first-order chi connectivity index (χ1) is 10.5. The Morgan fingerprint density at radius 1 is 1.35 bits per heavy atom. The molecule has 0 aromatic heterocycles. The Bertz CT molecular complexity index is 519. The average Bonchev–Trinajstić information content (AvgIpc) is 3.34. The number of benzene rings is 1. The van der Waals surface area contributed by atoms with Crippen molar-refractivity contribution >= 4 is 41.5 Å². The SMILES string of the molecule is CN=C(NCC(C)N(C)C1CC1)N(C)Cc1ccccc1Cl.I. The fourth-order valence-electron chi connectivity index (χ4n) is 2.57. The molecule has 1 saturated carbocycles. The van der Waals surface area contributed by atoms with Gasteiger partial charge in [0, 0.05) is 44.3 Å². The summed E-state index contributed by atoms with van der Waals surface area (Å²) in [6.07, 6.45) is 2.67. The first-order valence-electron chi connectivity index (χ1n) is 7.90. The van der Waals surface area contributed by atoms with Crippen LogP contribution in [0.1, 0.15) is 25.3 Å². The standard InChI is InChI=1S/C17H27ClN4.HI/c1-13(22(4)15-9-10-15)11-20-17(19-2)21(3)12-14-7-5-6-8-16(14)18;/h5-8,13,15H,9-12H2,1-4H3,(H,19,20);1H. The fourth-order valence-corrected chi connectivity index (χ4v) is 2.76. The van der Waals surface area contributed by atoms with Gasteiger partial charge in [0.1, 0.15) is 0 Å². The lowest BCUT2D eigenvalue weighted by molar-refractivity contribution is 0.246. The van der Waals surface area contributed by atoms with Crippen molar-refractivity contribution < 1.29 is 0 Å². The molecule has 4 nitrogen and oxygen atoms in total. The average molecular weight is 451 g/mol. The van der Waals surface area contributed by atoms with E-state index >= 15 is 0 Å². The van der Waals surface area contributed by atoms with Gasteiger partial charge in [-0.05, 0) is 38.4 Å². The molecule has 1 fully saturated rings. The van der Waals surface area contributed by atoms with Gasteiger partial charge in [-0.1, -0.05) is 29.8 Å². The second-order valence-electron chi connectivity index (χ2n) is 6.12. The zero-order valence-corrected chi connectivity index (χ0v) is 17.5. The van der Waals surface area contributed by atoms with E-state index in [1.807, 2.05) is 32.3 Å². The van der Waals surface area contributed by atoms with Gasteiger partial charge < -0.3 is 10.2 Å². The first-order valence-corrected chi connectivity index (χ1v) is 8.27. The van der Waals surface area contributed by atoms with Crippen molar-refractivity contribution in [1.29, 1.82) is 0 Å². The summed E-state index contributed by atoms with van der Waals surface area (Å²) in [5, 5.41) is 4.26. The van der Waals surface area contributed by atoms with Crippen molar-refractivity contribution in [3.8, 4) is 0 Å². The van der Waals surface area contributed by atoms with Crippen LogP contribution < -0.4 is 5.32 Å². The molecular weight excluding hydrogens is 423 g/mol. The molecule has 1 aliphatic rings. The highest BCUT2D eigenvalue weighted by molar-refractivity contribution is 14.0. The van der Waals surface area contributed by atoms with Crippen LogP contribution >= 0.6 is 35.6 Å². The second-order valence-corrected chi connectivity index (χ2v) is 6.53. The van der Waals surface area contributed by atoms with E-state index in [-0.39, 0.29) is 24.0 Å². The van der Waals surface area contributed by atoms with E-state index in [9.17, 15) is 0 Å². The monoisotopic (exact) mass is 450 g/mol. The minimum atomic E-state index is 0. The summed E-state index contributed by atoms with van der Waals surface area (Å²) >= 11 is 6.23. The Morgan fingerprint density at radius 2 is 2.00 bits per heavy atom. The normalized spacial score (nSPS) is 16.0. The van der Waals surface area contributed by atoms with E-state index in [1.54, 1.807) is 0 Å². The zero-order chi connectivity index (χ0) is 16.1. The third kappa shape index (κ3) is 6.12. The predicted molar refractivity (Wildman–Crippen MR) is 110 cm³/mol. The van der Waals surface area contributed by atoms with Gasteiger partial charge >= 0.3 is 0 Å². The zero-order valence-electron chi connectivity index (χ0n) is 14.4. The molecule has 0 amide bonds. The summed E-state index contributed by atoms with van der Waals surface area (Å²) in [5.74, 6) is 0.899. The van der Waals surface area contributed by atoms with Crippen molar-refractivity contribution in [2.24, 2.45) is 4.99 Å². The number of nitrogens with zero attached hydrogens (tertiary/aromatic N) is 3. The molecule has 0 spiro atoms. The highest BCUT2D eigenvalue weighted by atomic mass is 127. The third-order valence-electron chi connectivity index (χ3n) is 4.31. The van der Waals surface area contributed by atoms with Crippen LogP contribution in [0.2, 0.25) is 5.02 Å². The number of halogens is 2. The molecule has 1 aromatic carbocycles. The maximum absolute atomic E-state index is 6.23. The molecule has 0 aliphatic heterocycles. The van der Waals surface area contributed by atoms with Crippen LogP contribution in [0.25, 0.3) is 0 Å². The van der Waals surface area contributed by atoms with Crippen LogP contribution in [0.3, 0.4) is 0 Å². The molecule has 1 aliphatic carbocycles. The summed E-state index contributed by atoms with van der Waals surface area (Å²) in [4.78, 5) is 8.93. The Balaban J connectivity index is 0.00000264. The number of hydrogen-bond donors (Lipinski definition) is 1. The molecule has 2 rings (SSSR count). The van der Waals surface area contributed by atoms with Crippen LogP contribution in [0.4, 0.5) is 0 Å². The number of aliphatic imine (C=N–C) groups is 1. The molecule has 1 N–H and O–H groups in total. The molecule has 0 bridgehead atoms. The van der Waals surface area contributed by atoms with E-state index in [4.69, 9.17) is 11.6 Å².